The zero-order chi connectivity index (χ0) is 17.6. The van der Waals surface area contributed by atoms with Crippen molar-refractivity contribution in [1.82, 2.24) is 25.3 Å². The molecule has 2 saturated heterocycles. The molecule has 3 aliphatic rings. The molecule has 0 unspecified atom stereocenters. The summed E-state index contributed by atoms with van der Waals surface area (Å²) in [6, 6.07) is -0.280. The lowest BCUT2D eigenvalue weighted by Crippen LogP contribution is -2.55. The number of carbonyl (C=O) groups is 2. The lowest BCUT2D eigenvalue weighted by Gasteiger charge is -2.39. The first-order chi connectivity index (χ1) is 12.0. The number of nitrogens with one attached hydrogen (secondary N) is 1. The molecule has 0 spiro atoms. The summed E-state index contributed by atoms with van der Waals surface area (Å²) >= 11 is 0. The average Bonchev–Trinajstić information content (AvgIpc) is 3.30. The van der Waals surface area contributed by atoms with Gasteiger partial charge in [-0.15, -0.1) is 0 Å². The number of hydrogen-bond donors (Lipinski definition) is 1. The van der Waals surface area contributed by atoms with E-state index in [9.17, 15) is 9.59 Å². The van der Waals surface area contributed by atoms with Gasteiger partial charge in [-0.25, -0.2) is 4.79 Å². The standard InChI is InChI=1S/C17H25N5O3/c1-3-22-15(23)17(2,19-16(22)24)12-5-4-8-21(9-12)10-13-18-14(20-25-13)11-6-7-11/h11-12H,3-10H2,1-2H3,(H,19,24)/t12-,17-/m0/s1. The maximum Gasteiger partial charge on any atom is 0.325 e. The Hall–Kier alpha value is -1.96. The minimum atomic E-state index is -0.820. The van der Waals surface area contributed by atoms with E-state index < -0.39 is 5.54 Å². The topological polar surface area (TPSA) is 91.6 Å². The summed E-state index contributed by atoms with van der Waals surface area (Å²) in [5, 5.41) is 6.99. The van der Waals surface area contributed by atoms with E-state index in [4.69, 9.17) is 4.52 Å². The number of hydrogen-bond acceptors (Lipinski definition) is 6. The molecule has 1 saturated carbocycles. The third-order valence-corrected chi connectivity index (χ3v) is 5.72. The summed E-state index contributed by atoms with van der Waals surface area (Å²) in [4.78, 5) is 32.8. The monoisotopic (exact) mass is 347 g/mol. The van der Waals surface area contributed by atoms with Gasteiger partial charge in [-0.3, -0.25) is 14.6 Å². The van der Waals surface area contributed by atoms with Crippen molar-refractivity contribution in [2.24, 2.45) is 5.92 Å². The normalized spacial score (nSPS) is 30.8. The van der Waals surface area contributed by atoms with E-state index in [-0.39, 0.29) is 17.9 Å². The molecule has 1 aliphatic carbocycles. The molecule has 3 heterocycles. The Labute approximate surface area is 146 Å². The van der Waals surface area contributed by atoms with Gasteiger partial charge in [-0.1, -0.05) is 5.16 Å². The lowest BCUT2D eigenvalue weighted by molar-refractivity contribution is -0.133. The van der Waals surface area contributed by atoms with Crippen LogP contribution in [0.25, 0.3) is 0 Å². The molecule has 3 fully saturated rings. The van der Waals surface area contributed by atoms with Crippen molar-refractivity contribution in [1.29, 1.82) is 0 Å². The third-order valence-electron chi connectivity index (χ3n) is 5.72. The Balaban J connectivity index is 1.43. The fourth-order valence-corrected chi connectivity index (χ4v) is 3.98. The Morgan fingerprint density at radius 2 is 2.12 bits per heavy atom. The minimum absolute atomic E-state index is 0.0834. The van der Waals surface area contributed by atoms with Crippen LogP contribution in [0.3, 0.4) is 0 Å². The van der Waals surface area contributed by atoms with Crippen LogP contribution >= 0.6 is 0 Å². The second kappa shape index (κ2) is 6.09. The van der Waals surface area contributed by atoms with Crippen LogP contribution in [0.1, 0.15) is 57.2 Å². The first-order valence-corrected chi connectivity index (χ1v) is 9.20. The summed E-state index contributed by atoms with van der Waals surface area (Å²) < 4.78 is 5.38. The van der Waals surface area contributed by atoms with Gasteiger partial charge in [-0.2, -0.15) is 4.98 Å². The van der Waals surface area contributed by atoms with Crippen LogP contribution in [0.15, 0.2) is 4.52 Å². The molecule has 1 N–H and O–H groups in total. The maximum absolute atomic E-state index is 12.7. The van der Waals surface area contributed by atoms with Crippen molar-refractivity contribution in [3.05, 3.63) is 11.7 Å². The van der Waals surface area contributed by atoms with E-state index in [2.05, 4.69) is 20.4 Å². The molecular weight excluding hydrogens is 322 g/mol. The van der Waals surface area contributed by atoms with Gasteiger partial charge in [0.25, 0.3) is 5.91 Å². The lowest BCUT2D eigenvalue weighted by atomic mass is 9.80. The van der Waals surface area contributed by atoms with Gasteiger partial charge in [0.15, 0.2) is 5.82 Å². The van der Waals surface area contributed by atoms with Crippen molar-refractivity contribution in [3.63, 3.8) is 0 Å². The largest absolute Gasteiger partial charge is 0.338 e. The summed E-state index contributed by atoms with van der Waals surface area (Å²) in [5.74, 6) is 1.93. The number of likely N-dealkylation sites (tertiary alicyclic amines) is 1. The van der Waals surface area contributed by atoms with Crippen LogP contribution in [0.5, 0.6) is 0 Å². The molecule has 0 aromatic carbocycles. The second-order valence-electron chi connectivity index (χ2n) is 7.58. The zero-order valence-electron chi connectivity index (χ0n) is 14.8. The quantitative estimate of drug-likeness (QED) is 0.812. The molecule has 136 valence electrons. The van der Waals surface area contributed by atoms with Crippen molar-refractivity contribution >= 4 is 11.9 Å². The highest BCUT2D eigenvalue weighted by atomic mass is 16.5. The van der Waals surface area contributed by atoms with Gasteiger partial charge in [0, 0.05) is 24.9 Å². The number of aromatic nitrogens is 2. The van der Waals surface area contributed by atoms with Crippen LogP contribution in [-0.4, -0.2) is 57.1 Å². The van der Waals surface area contributed by atoms with Crippen LogP contribution in [0, 0.1) is 5.92 Å². The van der Waals surface area contributed by atoms with E-state index in [0.29, 0.717) is 24.9 Å². The number of urea groups is 1. The molecule has 25 heavy (non-hydrogen) atoms. The van der Waals surface area contributed by atoms with Crippen molar-refractivity contribution in [2.75, 3.05) is 19.6 Å². The van der Waals surface area contributed by atoms with Crippen LogP contribution in [0.4, 0.5) is 4.79 Å². The minimum Gasteiger partial charge on any atom is -0.338 e. The summed E-state index contributed by atoms with van der Waals surface area (Å²) in [7, 11) is 0. The first-order valence-electron chi connectivity index (χ1n) is 9.20. The predicted molar refractivity (Wildman–Crippen MR) is 88.6 cm³/mol. The van der Waals surface area contributed by atoms with Crippen LogP contribution in [-0.2, 0) is 11.3 Å². The highest BCUT2D eigenvalue weighted by Crippen LogP contribution is 2.38. The number of nitrogens with zero attached hydrogens (tertiary/aromatic N) is 4. The summed E-state index contributed by atoms with van der Waals surface area (Å²) in [6.45, 7) is 6.36. The summed E-state index contributed by atoms with van der Waals surface area (Å²) in [5.41, 5.74) is -0.820. The third kappa shape index (κ3) is 2.92. The number of likely N-dealkylation sites (N-methyl/N-ethyl adjacent to an activating group) is 1. The van der Waals surface area contributed by atoms with Crippen molar-refractivity contribution in [2.45, 2.75) is 57.5 Å². The molecule has 8 nitrogen and oxygen atoms in total. The highest BCUT2D eigenvalue weighted by Gasteiger charge is 2.52. The molecule has 2 aliphatic heterocycles. The van der Waals surface area contributed by atoms with E-state index in [1.54, 1.807) is 0 Å². The van der Waals surface area contributed by atoms with Crippen molar-refractivity contribution < 1.29 is 14.1 Å². The maximum atomic E-state index is 12.7. The van der Waals surface area contributed by atoms with Gasteiger partial charge in [-0.05, 0) is 46.1 Å². The fraction of sp³-hybridized carbons (Fsp3) is 0.765. The Bertz CT molecular complexity index is 686. The van der Waals surface area contributed by atoms with Gasteiger partial charge in [0.1, 0.15) is 5.54 Å². The predicted octanol–water partition coefficient (Wildman–Crippen LogP) is 1.49. The van der Waals surface area contributed by atoms with Gasteiger partial charge in [0.05, 0.1) is 6.54 Å². The van der Waals surface area contributed by atoms with Crippen LogP contribution < -0.4 is 5.32 Å². The Morgan fingerprint density at radius 3 is 2.80 bits per heavy atom. The van der Waals surface area contributed by atoms with E-state index in [1.165, 1.54) is 4.90 Å². The van der Waals surface area contributed by atoms with Gasteiger partial charge in [0.2, 0.25) is 5.89 Å². The molecule has 1 aromatic heterocycles. The molecule has 8 heteroatoms. The van der Waals surface area contributed by atoms with E-state index in [1.807, 2.05) is 13.8 Å². The van der Waals surface area contributed by atoms with E-state index >= 15 is 0 Å². The fourth-order valence-electron chi connectivity index (χ4n) is 3.98. The van der Waals surface area contributed by atoms with Gasteiger partial charge < -0.3 is 9.84 Å². The first kappa shape index (κ1) is 16.5. The number of carbonyl (C=O) groups excluding carboxylic acids is 2. The average molecular weight is 347 g/mol. The molecule has 0 bridgehead atoms. The molecule has 2 atom stereocenters. The second-order valence-corrected chi connectivity index (χ2v) is 7.58. The number of amides is 3. The number of piperidine rings is 1. The molecule has 3 amide bonds. The number of imide groups is 1. The summed E-state index contributed by atoms with van der Waals surface area (Å²) in [6.07, 6.45) is 4.21. The van der Waals surface area contributed by atoms with Gasteiger partial charge >= 0.3 is 6.03 Å². The SMILES string of the molecule is CCN1C(=O)N[C@@](C)([C@H]2CCCN(Cc3nc(C4CC4)no3)C2)C1=O. The Kier molecular flexibility index (Phi) is 4.02. The van der Waals surface area contributed by atoms with Crippen LogP contribution in [0.2, 0.25) is 0 Å². The highest BCUT2D eigenvalue weighted by molar-refractivity contribution is 6.07. The molecule has 1 aromatic rings. The van der Waals surface area contributed by atoms with E-state index in [0.717, 1.165) is 44.6 Å². The molecular formula is C17H25N5O3. The Morgan fingerprint density at radius 1 is 1.32 bits per heavy atom. The van der Waals surface area contributed by atoms with Crippen molar-refractivity contribution in [3.8, 4) is 0 Å². The molecule has 0 radical (unpaired) electrons. The zero-order valence-corrected chi connectivity index (χ0v) is 14.8. The smallest absolute Gasteiger partial charge is 0.325 e. The number of rotatable bonds is 5. The molecule has 4 rings (SSSR count).